The SMILES string of the molecule is CNc1cc(C)nc(COC2CC(C)CCC2C(C)C)n1. The zero-order valence-electron chi connectivity index (χ0n) is 14.0. The van der Waals surface area contributed by atoms with Gasteiger partial charge in [0.1, 0.15) is 12.4 Å². The van der Waals surface area contributed by atoms with E-state index in [4.69, 9.17) is 4.74 Å². The number of aryl methyl sites for hydroxylation is 1. The van der Waals surface area contributed by atoms with Gasteiger partial charge in [-0.1, -0.05) is 27.2 Å². The van der Waals surface area contributed by atoms with Gasteiger partial charge in [0.15, 0.2) is 5.82 Å². The van der Waals surface area contributed by atoms with Gasteiger partial charge >= 0.3 is 0 Å². The molecule has 0 amide bonds. The smallest absolute Gasteiger partial charge is 0.156 e. The first-order valence-corrected chi connectivity index (χ1v) is 8.13. The van der Waals surface area contributed by atoms with E-state index < -0.39 is 0 Å². The van der Waals surface area contributed by atoms with Crippen LogP contribution in [0.25, 0.3) is 0 Å². The summed E-state index contributed by atoms with van der Waals surface area (Å²) < 4.78 is 6.22. The minimum Gasteiger partial charge on any atom is -0.373 e. The van der Waals surface area contributed by atoms with E-state index in [0.717, 1.165) is 29.7 Å². The number of rotatable bonds is 5. The van der Waals surface area contributed by atoms with E-state index in [9.17, 15) is 0 Å². The first kappa shape index (κ1) is 16.2. The zero-order chi connectivity index (χ0) is 15.4. The molecule has 2 rings (SSSR count). The van der Waals surface area contributed by atoms with Gasteiger partial charge in [-0.05, 0) is 37.5 Å². The lowest BCUT2D eigenvalue weighted by molar-refractivity contribution is -0.0494. The predicted molar refractivity (Wildman–Crippen MR) is 86.2 cm³/mol. The average Bonchev–Trinajstić information content (AvgIpc) is 2.44. The van der Waals surface area contributed by atoms with Gasteiger partial charge in [0, 0.05) is 18.8 Å². The van der Waals surface area contributed by atoms with Crippen LogP contribution >= 0.6 is 0 Å². The first-order chi connectivity index (χ1) is 9.99. The fourth-order valence-corrected chi connectivity index (χ4v) is 3.31. The molecular formula is C17H29N3O. The third kappa shape index (κ3) is 4.40. The second-order valence-electron chi connectivity index (χ2n) is 6.74. The van der Waals surface area contributed by atoms with Crippen LogP contribution in [0.3, 0.4) is 0 Å². The van der Waals surface area contributed by atoms with E-state index in [1.54, 1.807) is 0 Å². The van der Waals surface area contributed by atoms with E-state index in [0.29, 0.717) is 24.5 Å². The van der Waals surface area contributed by atoms with Crippen LogP contribution in [0.4, 0.5) is 5.82 Å². The molecule has 1 N–H and O–H groups in total. The summed E-state index contributed by atoms with van der Waals surface area (Å²) in [5.74, 6) is 3.73. The normalized spacial score (nSPS) is 26.1. The van der Waals surface area contributed by atoms with Gasteiger partial charge in [0.25, 0.3) is 0 Å². The summed E-state index contributed by atoms with van der Waals surface area (Å²) >= 11 is 0. The largest absolute Gasteiger partial charge is 0.373 e. The molecule has 1 fully saturated rings. The second kappa shape index (κ2) is 7.21. The van der Waals surface area contributed by atoms with E-state index in [2.05, 4.69) is 36.1 Å². The lowest BCUT2D eigenvalue weighted by atomic mass is 9.75. The number of aromatic nitrogens is 2. The van der Waals surface area contributed by atoms with E-state index in [1.807, 2.05) is 20.0 Å². The van der Waals surface area contributed by atoms with Gasteiger partial charge in [-0.3, -0.25) is 0 Å². The average molecular weight is 291 g/mol. The fourth-order valence-electron chi connectivity index (χ4n) is 3.31. The standard InChI is InChI=1S/C17H29N3O/c1-11(2)14-7-6-12(3)8-15(14)21-10-17-19-13(4)9-16(18-5)20-17/h9,11-12,14-15H,6-8,10H2,1-5H3,(H,18,19,20). The molecule has 1 aromatic heterocycles. The van der Waals surface area contributed by atoms with Crippen LogP contribution in [-0.4, -0.2) is 23.1 Å². The van der Waals surface area contributed by atoms with Crippen molar-refractivity contribution in [2.24, 2.45) is 17.8 Å². The molecule has 1 aliphatic carbocycles. The number of hydrogen-bond donors (Lipinski definition) is 1. The van der Waals surface area contributed by atoms with E-state index >= 15 is 0 Å². The molecule has 1 aliphatic rings. The van der Waals surface area contributed by atoms with Crippen LogP contribution in [0, 0.1) is 24.7 Å². The summed E-state index contributed by atoms with van der Waals surface area (Å²) in [5, 5.41) is 3.07. The molecule has 3 unspecified atom stereocenters. The number of nitrogens with one attached hydrogen (secondary N) is 1. The molecule has 0 spiro atoms. The molecule has 1 aromatic rings. The minimum atomic E-state index is 0.343. The van der Waals surface area contributed by atoms with E-state index in [1.165, 1.54) is 12.8 Å². The Bertz CT molecular complexity index is 461. The highest BCUT2D eigenvalue weighted by Crippen LogP contribution is 2.35. The maximum atomic E-state index is 6.22. The molecule has 118 valence electrons. The second-order valence-corrected chi connectivity index (χ2v) is 6.74. The maximum absolute atomic E-state index is 6.22. The highest BCUT2D eigenvalue weighted by Gasteiger charge is 2.31. The number of anilines is 1. The number of ether oxygens (including phenoxy) is 1. The Kier molecular flexibility index (Phi) is 5.57. The van der Waals surface area contributed by atoms with Crippen molar-refractivity contribution in [1.29, 1.82) is 0 Å². The van der Waals surface area contributed by atoms with Crippen LogP contribution < -0.4 is 5.32 Å². The summed E-state index contributed by atoms with van der Waals surface area (Å²) in [6.45, 7) is 9.44. The Hall–Kier alpha value is -1.16. The van der Waals surface area contributed by atoms with Crippen LogP contribution in [0.2, 0.25) is 0 Å². The van der Waals surface area contributed by atoms with E-state index in [-0.39, 0.29) is 0 Å². The van der Waals surface area contributed by atoms with Crippen molar-refractivity contribution in [1.82, 2.24) is 9.97 Å². The molecular weight excluding hydrogens is 262 g/mol. The van der Waals surface area contributed by atoms with Crippen molar-refractivity contribution in [3.05, 3.63) is 17.6 Å². The zero-order valence-corrected chi connectivity index (χ0v) is 14.0. The summed E-state index contributed by atoms with van der Waals surface area (Å²) in [4.78, 5) is 8.96. The number of nitrogens with zero attached hydrogens (tertiary/aromatic N) is 2. The third-order valence-corrected chi connectivity index (χ3v) is 4.54. The lowest BCUT2D eigenvalue weighted by Gasteiger charge is -2.37. The molecule has 0 aromatic carbocycles. The molecule has 1 saturated carbocycles. The van der Waals surface area contributed by atoms with Crippen LogP contribution in [0.15, 0.2) is 6.07 Å². The molecule has 4 heteroatoms. The van der Waals surface area contributed by atoms with Gasteiger partial charge in [0.05, 0.1) is 6.10 Å². The van der Waals surface area contributed by atoms with Crippen LogP contribution in [0.5, 0.6) is 0 Å². The van der Waals surface area contributed by atoms with Crippen molar-refractivity contribution in [3.8, 4) is 0 Å². The molecule has 0 bridgehead atoms. The van der Waals surface area contributed by atoms with Crippen LogP contribution in [-0.2, 0) is 11.3 Å². The Morgan fingerprint density at radius 3 is 2.76 bits per heavy atom. The van der Waals surface area contributed by atoms with Crippen molar-refractivity contribution in [2.45, 2.75) is 59.7 Å². The summed E-state index contributed by atoms with van der Waals surface area (Å²) in [7, 11) is 1.88. The Morgan fingerprint density at radius 1 is 1.33 bits per heavy atom. The van der Waals surface area contributed by atoms with Gasteiger partial charge in [-0.25, -0.2) is 9.97 Å². The molecule has 21 heavy (non-hydrogen) atoms. The van der Waals surface area contributed by atoms with Crippen molar-refractivity contribution < 1.29 is 4.74 Å². The molecule has 1 heterocycles. The van der Waals surface area contributed by atoms with Gasteiger partial charge in [-0.2, -0.15) is 0 Å². The monoisotopic (exact) mass is 291 g/mol. The minimum absolute atomic E-state index is 0.343. The summed E-state index contributed by atoms with van der Waals surface area (Å²) in [6.07, 6.45) is 4.11. The summed E-state index contributed by atoms with van der Waals surface area (Å²) in [5.41, 5.74) is 0.977. The number of hydrogen-bond acceptors (Lipinski definition) is 4. The predicted octanol–water partition coefficient (Wildman–Crippen LogP) is 3.80. The van der Waals surface area contributed by atoms with Crippen molar-refractivity contribution in [3.63, 3.8) is 0 Å². The highest BCUT2D eigenvalue weighted by atomic mass is 16.5. The third-order valence-electron chi connectivity index (χ3n) is 4.54. The quantitative estimate of drug-likeness (QED) is 0.896. The van der Waals surface area contributed by atoms with Gasteiger partial charge in [-0.15, -0.1) is 0 Å². The summed E-state index contributed by atoms with van der Waals surface area (Å²) in [6, 6.07) is 1.95. The van der Waals surface area contributed by atoms with Crippen LogP contribution in [0.1, 0.15) is 51.6 Å². The lowest BCUT2D eigenvalue weighted by Crippen LogP contribution is -2.34. The molecule has 0 radical (unpaired) electrons. The fraction of sp³-hybridized carbons (Fsp3) is 0.765. The molecule has 3 atom stereocenters. The first-order valence-electron chi connectivity index (χ1n) is 8.13. The molecule has 4 nitrogen and oxygen atoms in total. The Morgan fingerprint density at radius 2 is 2.10 bits per heavy atom. The molecule has 0 saturated heterocycles. The molecule has 0 aliphatic heterocycles. The van der Waals surface area contributed by atoms with Crippen molar-refractivity contribution >= 4 is 5.82 Å². The van der Waals surface area contributed by atoms with Crippen molar-refractivity contribution in [2.75, 3.05) is 12.4 Å². The maximum Gasteiger partial charge on any atom is 0.156 e. The topological polar surface area (TPSA) is 47.0 Å². The highest BCUT2D eigenvalue weighted by molar-refractivity contribution is 5.34. The van der Waals surface area contributed by atoms with Gasteiger partial charge < -0.3 is 10.1 Å². The Balaban J connectivity index is 2.01. The Labute approximate surface area is 128 Å². The van der Waals surface area contributed by atoms with Gasteiger partial charge in [0.2, 0.25) is 0 Å².